The quantitative estimate of drug-likeness (QED) is 0.406. The highest BCUT2D eigenvalue weighted by atomic mass is 19.4. The van der Waals surface area contributed by atoms with Gasteiger partial charge in [-0.05, 0) is 55.8 Å². The monoisotopic (exact) mass is 474 g/mol. The minimum absolute atomic E-state index is 0.0200. The Labute approximate surface area is 193 Å². The number of rotatable bonds is 7. The van der Waals surface area contributed by atoms with Gasteiger partial charge in [0, 0.05) is 5.69 Å². The van der Waals surface area contributed by atoms with Crippen molar-refractivity contribution < 1.29 is 31.9 Å². The SMILES string of the molecule is Cc1ccc(OCCC(=O)Nc2ccc(NC(=O)c3ccccc3F)cc2C(F)(F)F)c(C)c1. The molecule has 0 saturated heterocycles. The normalized spacial score (nSPS) is 11.1. The van der Waals surface area contributed by atoms with Gasteiger partial charge >= 0.3 is 6.18 Å². The number of hydrogen-bond donors (Lipinski definition) is 2. The number of alkyl halides is 3. The van der Waals surface area contributed by atoms with Crippen molar-refractivity contribution in [1.82, 2.24) is 0 Å². The standard InChI is InChI=1S/C25H22F4N2O3/c1-15-7-10-22(16(2)13-15)34-12-11-23(32)31-21-9-8-17(14-19(21)25(27,28)29)30-24(33)18-5-3-4-6-20(18)26/h3-10,13-14H,11-12H2,1-2H3,(H,30,33)(H,31,32). The van der Waals surface area contributed by atoms with Gasteiger partial charge in [0.25, 0.3) is 5.91 Å². The van der Waals surface area contributed by atoms with Crippen LogP contribution in [0.15, 0.2) is 60.7 Å². The molecule has 0 aliphatic carbocycles. The van der Waals surface area contributed by atoms with E-state index in [4.69, 9.17) is 4.74 Å². The Kier molecular flexibility index (Phi) is 7.55. The summed E-state index contributed by atoms with van der Waals surface area (Å²) in [5, 5.41) is 4.48. The average molecular weight is 474 g/mol. The van der Waals surface area contributed by atoms with E-state index in [1.165, 1.54) is 24.3 Å². The summed E-state index contributed by atoms with van der Waals surface area (Å²) in [5.74, 6) is -1.78. The van der Waals surface area contributed by atoms with Crippen molar-refractivity contribution in [2.75, 3.05) is 17.2 Å². The summed E-state index contributed by atoms with van der Waals surface area (Å²) >= 11 is 0. The molecule has 0 spiro atoms. The molecule has 0 fully saturated rings. The number of carbonyl (C=O) groups is 2. The number of anilines is 2. The average Bonchev–Trinajstić information content (AvgIpc) is 2.76. The van der Waals surface area contributed by atoms with Crippen molar-refractivity contribution >= 4 is 23.2 Å². The summed E-state index contributed by atoms with van der Waals surface area (Å²) in [5.41, 5.74) is -0.187. The van der Waals surface area contributed by atoms with E-state index in [1.807, 2.05) is 26.0 Å². The number of benzene rings is 3. The third kappa shape index (κ3) is 6.34. The van der Waals surface area contributed by atoms with E-state index in [9.17, 15) is 27.2 Å². The highest BCUT2D eigenvalue weighted by molar-refractivity contribution is 6.04. The van der Waals surface area contributed by atoms with Crippen LogP contribution in [0.1, 0.15) is 33.5 Å². The first-order chi connectivity index (χ1) is 16.0. The second-order valence-electron chi connectivity index (χ2n) is 7.61. The molecule has 34 heavy (non-hydrogen) atoms. The predicted octanol–water partition coefficient (Wildman–Crippen LogP) is 6.12. The fourth-order valence-corrected chi connectivity index (χ4v) is 3.24. The van der Waals surface area contributed by atoms with Gasteiger partial charge in [0.1, 0.15) is 11.6 Å². The zero-order chi connectivity index (χ0) is 24.9. The molecule has 3 aromatic carbocycles. The fraction of sp³-hybridized carbons (Fsp3) is 0.200. The maximum atomic E-state index is 13.8. The van der Waals surface area contributed by atoms with Crippen LogP contribution in [0.2, 0.25) is 0 Å². The summed E-state index contributed by atoms with van der Waals surface area (Å²) in [7, 11) is 0. The second-order valence-corrected chi connectivity index (χ2v) is 7.61. The molecule has 0 bridgehead atoms. The molecule has 0 heterocycles. The van der Waals surface area contributed by atoms with Crippen molar-refractivity contribution in [2.45, 2.75) is 26.4 Å². The Morgan fingerprint density at radius 3 is 2.35 bits per heavy atom. The van der Waals surface area contributed by atoms with E-state index in [1.54, 1.807) is 6.07 Å². The Bertz CT molecular complexity index is 1210. The lowest BCUT2D eigenvalue weighted by atomic mass is 10.1. The molecular formula is C25H22F4N2O3. The highest BCUT2D eigenvalue weighted by Crippen LogP contribution is 2.37. The third-order valence-electron chi connectivity index (χ3n) is 4.89. The van der Waals surface area contributed by atoms with Crippen LogP contribution in [0.3, 0.4) is 0 Å². The second kappa shape index (κ2) is 10.4. The van der Waals surface area contributed by atoms with E-state index in [-0.39, 0.29) is 24.3 Å². The van der Waals surface area contributed by atoms with E-state index >= 15 is 0 Å². The van der Waals surface area contributed by atoms with Gasteiger partial charge in [-0.3, -0.25) is 9.59 Å². The van der Waals surface area contributed by atoms with Crippen molar-refractivity contribution in [2.24, 2.45) is 0 Å². The Hall–Kier alpha value is -3.88. The number of amides is 2. The minimum atomic E-state index is -4.81. The smallest absolute Gasteiger partial charge is 0.418 e. The number of halogens is 4. The molecule has 3 aromatic rings. The predicted molar refractivity (Wildman–Crippen MR) is 120 cm³/mol. The van der Waals surface area contributed by atoms with Gasteiger partial charge in [-0.25, -0.2) is 4.39 Å². The van der Waals surface area contributed by atoms with Crippen molar-refractivity contribution in [3.8, 4) is 5.75 Å². The van der Waals surface area contributed by atoms with E-state index in [0.717, 1.165) is 23.3 Å². The zero-order valence-corrected chi connectivity index (χ0v) is 18.4. The van der Waals surface area contributed by atoms with Gasteiger partial charge < -0.3 is 15.4 Å². The molecule has 178 valence electrons. The molecule has 5 nitrogen and oxygen atoms in total. The fourth-order valence-electron chi connectivity index (χ4n) is 3.24. The molecule has 0 unspecified atom stereocenters. The Balaban J connectivity index is 1.68. The van der Waals surface area contributed by atoms with Crippen LogP contribution in [0, 0.1) is 19.7 Å². The molecule has 2 amide bonds. The van der Waals surface area contributed by atoms with Crippen LogP contribution in [-0.2, 0) is 11.0 Å². The highest BCUT2D eigenvalue weighted by Gasteiger charge is 2.34. The first-order valence-electron chi connectivity index (χ1n) is 10.3. The van der Waals surface area contributed by atoms with Crippen LogP contribution in [0.25, 0.3) is 0 Å². The molecule has 0 aliphatic rings. The van der Waals surface area contributed by atoms with Gasteiger partial charge in [-0.15, -0.1) is 0 Å². The Morgan fingerprint density at radius 2 is 1.68 bits per heavy atom. The maximum Gasteiger partial charge on any atom is 0.418 e. The van der Waals surface area contributed by atoms with Crippen LogP contribution < -0.4 is 15.4 Å². The van der Waals surface area contributed by atoms with E-state index in [2.05, 4.69) is 10.6 Å². The first-order valence-corrected chi connectivity index (χ1v) is 10.3. The molecule has 3 rings (SSSR count). The molecule has 0 saturated carbocycles. The zero-order valence-electron chi connectivity index (χ0n) is 18.4. The molecule has 0 radical (unpaired) electrons. The lowest BCUT2D eigenvalue weighted by molar-refractivity contribution is -0.136. The lowest BCUT2D eigenvalue weighted by Crippen LogP contribution is -2.19. The van der Waals surface area contributed by atoms with Crippen molar-refractivity contribution in [3.63, 3.8) is 0 Å². The number of ether oxygens (including phenoxy) is 1. The summed E-state index contributed by atoms with van der Waals surface area (Å²) in [6.45, 7) is 3.76. The number of nitrogens with one attached hydrogen (secondary N) is 2. The van der Waals surface area contributed by atoms with Gasteiger partial charge in [0.15, 0.2) is 0 Å². The van der Waals surface area contributed by atoms with Crippen LogP contribution in [0.5, 0.6) is 5.75 Å². The lowest BCUT2D eigenvalue weighted by Gasteiger charge is -2.16. The summed E-state index contributed by atoms with van der Waals surface area (Å²) in [6.07, 6.45) is -4.98. The molecule has 0 aliphatic heterocycles. The van der Waals surface area contributed by atoms with Crippen LogP contribution in [-0.4, -0.2) is 18.4 Å². The van der Waals surface area contributed by atoms with Crippen molar-refractivity contribution in [3.05, 3.63) is 88.7 Å². The van der Waals surface area contributed by atoms with E-state index in [0.29, 0.717) is 11.8 Å². The summed E-state index contributed by atoms with van der Waals surface area (Å²) in [6, 6.07) is 13.5. The minimum Gasteiger partial charge on any atom is -0.493 e. The van der Waals surface area contributed by atoms with Gasteiger partial charge in [0.2, 0.25) is 5.91 Å². The van der Waals surface area contributed by atoms with Gasteiger partial charge in [-0.2, -0.15) is 13.2 Å². The summed E-state index contributed by atoms with van der Waals surface area (Å²) in [4.78, 5) is 24.5. The topological polar surface area (TPSA) is 67.4 Å². The molecular weight excluding hydrogens is 452 g/mol. The first kappa shape index (κ1) is 24.8. The molecule has 0 atom stereocenters. The van der Waals surface area contributed by atoms with Gasteiger partial charge in [0.05, 0.1) is 29.8 Å². The van der Waals surface area contributed by atoms with Gasteiger partial charge in [-0.1, -0.05) is 29.8 Å². The number of hydrogen-bond acceptors (Lipinski definition) is 3. The van der Waals surface area contributed by atoms with Crippen LogP contribution in [0.4, 0.5) is 28.9 Å². The Morgan fingerprint density at radius 1 is 0.941 bits per heavy atom. The number of aryl methyl sites for hydroxylation is 2. The molecule has 2 N–H and O–H groups in total. The van der Waals surface area contributed by atoms with Crippen LogP contribution >= 0.6 is 0 Å². The largest absolute Gasteiger partial charge is 0.493 e. The molecule has 0 aromatic heterocycles. The van der Waals surface area contributed by atoms with E-state index < -0.39 is 35.1 Å². The summed E-state index contributed by atoms with van der Waals surface area (Å²) < 4.78 is 60.1. The molecule has 9 heteroatoms. The van der Waals surface area contributed by atoms with Crippen molar-refractivity contribution in [1.29, 1.82) is 0 Å². The third-order valence-corrected chi connectivity index (χ3v) is 4.89. The number of carbonyl (C=O) groups excluding carboxylic acids is 2. The maximum absolute atomic E-state index is 13.8.